The molecule has 10 heteroatoms. The number of hydrazine groups is 1. The number of thiocarbonyl (C=S) groups is 1. The standard InChI is InChI=1S/C22H14BrFN2O3S3/c23-15-5-8-17(29-12-13-3-6-16(24)7-4-13)14(10-15)11-19-21(28)26(22(30)32-19)25-20(27)18-2-1-9-31-18/h1-11H,12H2,(H,25,27)/b19-11-. The van der Waals surface area contributed by atoms with Crippen LogP contribution in [0, 0.1) is 5.82 Å². The van der Waals surface area contributed by atoms with Crippen LogP contribution in [-0.4, -0.2) is 21.1 Å². The molecule has 3 aromatic rings. The largest absolute Gasteiger partial charge is 0.488 e. The van der Waals surface area contributed by atoms with E-state index in [9.17, 15) is 14.0 Å². The number of halogens is 2. The molecule has 2 aromatic carbocycles. The van der Waals surface area contributed by atoms with E-state index in [4.69, 9.17) is 17.0 Å². The van der Waals surface area contributed by atoms with E-state index in [2.05, 4.69) is 21.4 Å². The summed E-state index contributed by atoms with van der Waals surface area (Å²) in [5.74, 6) is -0.589. The Hall–Kier alpha value is -2.53. The van der Waals surface area contributed by atoms with Crippen molar-refractivity contribution in [2.45, 2.75) is 6.61 Å². The van der Waals surface area contributed by atoms with Gasteiger partial charge in [0.1, 0.15) is 18.2 Å². The van der Waals surface area contributed by atoms with Gasteiger partial charge in [-0.05, 0) is 65.6 Å². The molecule has 32 heavy (non-hydrogen) atoms. The number of nitrogens with zero attached hydrogens (tertiary/aromatic N) is 1. The van der Waals surface area contributed by atoms with Crippen LogP contribution in [0.1, 0.15) is 20.8 Å². The zero-order valence-corrected chi connectivity index (χ0v) is 20.2. The molecule has 1 N–H and O–H groups in total. The topological polar surface area (TPSA) is 58.6 Å². The van der Waals surface area contributed by atoms with Crippen LogP contribution in [0.2, 0.25) is 0 Å². The highest BCUT2D eigenvalue weighted by atomic mass is 79.9. The molecule has 0 atom stereocenters. The molecule has 0 saturated carbocycles. The number of hydrogen-bond acceptors (Lipinski definition) is 6. The summed E-state index contributed by atoms with van der Waals surface area (Å²) in [6.07, 6.45) is 1.67. The lowest BCUT2D eigenvalue weighted by molar-refractivity contribution is -0.123. The molecule has 1 fully saturated rings. The van der Waals surface area contributed by atoms with E-state index < -0.39 is 11.8 Å². The first-order chi connectivity index (χ1) is 15.4. The Morgan fingerprint density at radius 2 is 2.00 bits per heavy atom. The summed E-state index contributed by atoms with van der Waals surface area (Å²) in [7, 11) is 0. The molecule has 0 unspecified atom stereocenters. The number of hydrogen-bond donors (Lipinski definition) is 1. The van der Waals surface area contributed by atoms with Gasteiger partial charge in [-0.2, -0.15) is 5.01 Å². The molecule has 1 aliphatic heterocycles. The highest BCUT2D eigenvalue weighted by Crippen LogP contribution is 2.34. The lowest BCUT2D eigenvalue weighted by atomic mass is 10.1. The van der Waals surface area contributed by atoms with Crippen molar-refractivity contribution >= 4 is 73.5 Å². The van der Waals surface area contributed by atoms with Gasteiger partial charge in [-0.15, -0.1) is 11.3 Å². The number of thiophene rings is 1. The van der Waals surface area contributed by atoms with Crippen LogP contribution in [0.5, 0.6) is 5.75 Å². The average Bonchev–Trinajstić information content (AvgIpc) is 3.39. The Kier molecular flexibility index (Phi) is 7.04. The van der Waals surface area contributed by atoms with Crippen molar-refractivity contribution in [2.24, 2.45) is 0 Å². The maximum absolute atomic E-state index is 13.1. The summed E-state index contributed by atoms with van der Waals surface area (Å²) in [4.78, 5) is 26.0. The van der Waals surface area contributed by atoms with E-state index >= 15 is 0 Å². The molecule has 0 bridgehead atoms. The minimum absolute atomic E-state index is 0.231. The van der Waals surface area contributed by atoms with Crippen LogP contribution in [0.25, 0.3) is 6.08 Å². The predicted octanol–water partition coefficient (Wildman–Crippen LogP) is 5.77. The fourth-order valence-electron chi connectivity index (χ4n) is 2.77. The number of benzene rings is 2. The van der Waals surface area contributed by atoms with Gasteiger partial charge in [0, 0.05) is 10.0 Å². The van der Waals surface area contributed by atoms with Gasteiger partial charge in [0.15, 0.2) is 4.32 Å². The molecule has 4 rings (SSSR count). The molecule has 5 nitrogen and oxygen atoms in total. The van der Waals surface area contributed by atoms with Gasteiger partial charge in [-0.1, -0.05) is 45.9 Å². The molecular weight excluding hydrogens is 535 g/mol. The average molecular weight is 549 g/mol. The Morgan fingerprint density at radius 1 is 1.22 bits per heavy atom. The van der Waals surface area contributed by atoms with Gasteiger partial charge in [0.25, 0.3) is 11.8 Å². The van der Waals surface area contributed by atoms with Crippen molar-refractivity contribution < 1.29 is 18.7 Å². The molecule has 0 aliphatic carbocycles. The lowest BCUT2D eigenvalue weighted by Crippen LogP contribution is -2.44. The van der Waals surface area contributed by atoms with Crippen molar-refractivity contribution in [2.75, 3.05) is 0 Å². The molecular formula is C22H14BrFN2O3S3. The van der Waals surface area contributed by atoms with Crippen LogP contribution in [0.15, 0.2) is 69.4 Å². The second kappa shape index (κ2) is 9.95. The van der Waals surface area contributed by atoms with Gasteiger partial charge in [0.05, 0.1) is 9.78 Å². The van der Waals surface area contributed by atoms with Crippen molar-refractivity contribution in [1.82, 2.24) is 10.4 Å². The van der Waals surface area contributed by atoms with E-state index in [0.717, 1.165) is 26.8 Å². The Morgan fingerprint density at radius 3 is 2.72 bits per heavy atom. The van der Waals surface area contributed by atoms with E-state index in [1.54, 1.807) is 41.8 Å². The molecule has 2 amide bonds. The van der Waals surface area contributed by atoms with E-state index in [-0.39, 0.29) is 16.7 Å². The van der Waals surface area contributed by atoms with Crippen LogP contribution < -0.4 is 10.2 Å². The molecule has 1 aliphatic rings. The van der Waals surface area contributed by atoms with Crippen molar-refractivity contribution in [3.8, 4) is 5.75 Å². The Bertz CT molecular complexity index is 1210. The van der Waals surface area contributed by atoms with E-state index in [0.29, 0.717) is 21.1 Å². The van der Waals surface area contributed by atoms with Crippen molar-refractivity contribution in [3.63, 3.8) is 0 Å². The number of carbonyl (C=O) groups excluding carboxylic acids is 2. The summed E-state index contributed by atoms with van der Waals surface area (Å²) in [6.45, 7) is 0.237. The summed E-state index contributed by atoms with van der Waals surface area (Å²) in [5.41, 5.74) is 4.02. The van der Waals surface area contributed by atoms with Gasteiger partial charge in [-0.25, -0.2) is 4.39 Å². The van der Waals surface area contributed by atoms with E-state index in [1.807, 2.05) is 12.1 Å². The SMILES string of the molecule is O=C(NN1C(=O)/C(=C/c2cc(Br)ccc2OCc2ccc(F)cc2)SC1=S)c1cccs1. The fraction of sp³-hybridized carbons (Fsp3) is 0.0455. The summed E-state index contributed by atoms with van der Waals surface area (Å²) < 4.78 is 20.1. The van der Waals surface area contributed by atoms with Gasteiger partial charge in [-0.3, -0.25) is 15.0 Å². The van der Waals surface area contributed by atoms with E-state index in [1.165, 1.54) is 23.5 Å². The smallest absolute Gasteiger partial charge is 0.285 e. The third kappa shape index (κ3) is 5.26. The number of amides is 2. The number of rotatable bonds is 6. The molecule has 0 radical (unpaired) electrons. The zero-order valence-electron chi connectivity index (χ0n) is 16.2. The molecule has 162 valence electrons. The van der Waals surface area contributed by atoms with Gasteiger partial charge in [0.2, 0.25) is 0 Å². The highest BCUT2D eigenvalue weighted by Gasteiger charge is 2.34. The molecule has 0 spiro atoms. The monoisotopic (exact) mass is 548 g/mol. The molecule has 2 heterocycles. The van der Waals surface area contributed by atoms with Crippen molar-refractivity contribution in [3.05, 3.63) is 91.2 Å². The normalized spacial score (nSPS) is 14.8. The van der Waals surface area contributed by atoms with Gasteiger partial charge >= 0.3 is 0 Å². The second-order valence-corrected chi connectivity index (χ2v) is 10.1. The van der Waals surface area contributed by atoms with Crippen molar-refractivity contribution in [1.29, 1.82) is 0 Å². The first kappa shape index (κ1) is 22.7. The van der Waals surface area contributed by atoms with Crippen LogP contribution in [0.4, 0.5) is 4.39 Å². The fourth-order valence-corrected chi connectivity index (χ4v) is 4.94. The maximum atomic E-state index is 13.1. The highest BCUT2D eigenvalue weighted by molar-refractivity contribution is 9.10. The third-order valence-corrected chi connectivity index (χ3v) is 6.98. The Balaban J connectivity index is 1.53. The van der Waals surface area contributed by atoms with Gasteiger partial charge < -0.3 is 4.74 Å². The van der Waals surface area contributed by atoms with Crippen LogP contribution >= 0.6 is 51.2 Å². The maximum Gasteiger partial charge on any atom is 0.285 e. The minimum atomic E-state index is -0.422. The quantitative estimate of drug-likeness (QED) is 0.312. The summed E-state index contributed by atoms with van der Waals surface area (Å²) in [6, 6.07) is 14.9. The number of carbonyl (C=O) groups is 2. The third-order valence-electron chi connectivity index (χ3n) is 4.32. The number of nitrogens with one attached hydrogen (secondary N) is 1. The molecule has 1 saturated heterocycles. The predicted molar refractivity (Wildman–Crippen MR) is 132 cm³/mol. The second-order valence-electron chi connectivity index (χ2n) is 6.53. The summed E-state index contributed by atoms with van der Waals surface area (Å²) in [5, 5.41) is 2.85. The van der Waals surface area contributed by atoms with Crippen LogP contribution in [-0.2, 0) is 11.4 Å². The number of thioether (sulfide) groups is 1. The van der Waals surface area contributed by atoms with Crippen LogP contribution in [0.3, 0.4) is 0 Å². The zero-order chi connectivity index (χ0) is 22.7. The first-order valence-corrected chi connectivity index (χ1v) is 12.1. The lowest BCUT2D eigenvalue weighted by Gasteiger charge is -2.14. The molecule has 1 aromatic heterocycles. The minimum Gasteiger partial charge on any atom is -0.488 e. The first-order valence-electron chi connectivity index (χ1n) is 9.20. The Labute approximate surface area is 205 Å². The summed E-state index contributed by atoms with van der Waals surface area (Å²) >= 11 is 11.1. The number of ether oxygens (including phenoxy) is 1.